The molecule has 1 aliphatic heterocycles. The molecule has 110 valence electrons. The topological polar surface area (TPSA) is 93.8 Å². The van der Waals surface area contributed by atoms with Crippen LogP contribution in [0.15, 0.2) is 12.1 Å². The summed E-state index contributed by atoms with van der Waals surface area (Å²) in [6, 6.07) is 2.26. The number of aromatic carboxylic acids is 1. The fourth-order valence-corrected chi connectivity index (χ4v) is 2.19. The van der Waals surface area contributed by atoms with Gasteiger partial charge in [-0.3, -0.25) is 4.68 Å². The third-order valence-electron chi connectivity index (χ3n) is 3.11. The van der Waals surface area contributed by atoms with Gasteiger partial charge in [0.1, 0.15) is 13.2 Å². The maximum atomic E-state index is 13.8. The van der Waals surface area contributed by atoms with Crippen LogP contribution in [0, 0.1) is 5.82 Å². The number of aromatic nitrogens is 2. The smallest absolute Gasteiger partial charge is 0.356 e. The molecule has 7 nitrogen and oxygen atoms in total. The molecule has 1 aromatic heterocycles. The first-order valence-corrected chi connectivity index (χ1v) is 6.08. The minimum absolute atomic E-state index is 0.0206. The third kappa shape index (κ3) is 2.04. The highest BCUT2D eigenvalue weighted by atomic mass is 19.1. The van der Waals surface area contributed by atoms with Gasteiger partial charge in [-0.2, -0.15) is 5.10 Å². The lowest BCUT2D eigenvalue weighted by atomic mass is 10.1. The Bertz CT molecular complexity index is 741. The van der Waals surface area contributed by atoms with Gasteiger partial charge in [0.25, 0.3) is 0 Å². The summed E-state index contributed by atoms with van der Waals surface area (Å²) in [5.41, 5.74) is 0.0139. The van der Waals surface area contributed by atoms with Crippen LogP contribution in [0.1, 0.15) is 10.5 Å². The van der Waals surface area contributed by atoms with E-state index < -0.39 is 17.5 Å². The molecule has 1 aliphatic rings. The number of aromatic hydroxyl groups is 1. The van der Waals surface area contributed by atoms with E-state index in [4.69, 9.17) is 14.6 Å². The number of ether oxygens (including phenoxy) is 2. The largest absolute Gasteiger partial charge is 0.504 e. The molecule has 0 atom stereocenters. The van der Waals surface area contributed by atoms with Gasteiger partial charge in [0.05, 0.1) is 11.3 Å². The van der Waals surface area contributed by atoms with Crippen molar-refractivity contribution < 1.29 is 28.9 Å². The van der Waals surface area contributed by atoms with Crippen molar-refractivity contribution in [2.45, 2.75) is 0 Å². The molecule has 0 unspecified atom stereocenters. The minimum Gasteiger partial charge on any atom is -0.504 e. The molecule has 2 N–H and O–H groups in total. The second-order valence-corrected chi connectivity index (χ2v) is 4.45. The number of fused-ring (bicyclic) bond motifs is 1. The summed E-state index contributed by atoms with van der Waals surface area (Å²) in [6.07, 6.45) is 0. The molecule has 2 aromatic rings. The molecule has 8 heteroatoms. The Kier molecular flexibility index (Phi) is 2.93. The molecule has 0 saturated carbocycles. The first-order chi connectivity index (χ1) is 9.99. The van der Waals surface area contributed by atoms with E-state index in [-0.39, 0.29) is 41.7 Å². The number of halogens is 1. The average molecular weight is 294 g/mol. The number of hydrogen-bond donors (Lipinski definition) is 2. The van der Waals surface area contributed by atoms with Crippen LogP contribution >= 0.6 is 0 Å². The summed E-state index contributed by atoms with van der Waals surface area (Å²) in [5, 5.41) is 22.7. The molecule has 0 aliphatic carbocycles. The maximum absolute atomic E-state index is 13.8. The number of aryl methyl sites for hydroxylation is 1. The lowest BCUT2D eigenvalue weighted by molar-refractivity contribution is 0.0689. The Balaban J connectivity index is 2.26. The molecular formula is C13H11FN2O5. The van der Waals surface area contributed by atoms with Crippen LogP contribution in [0.5, 0.6) is 17.2 Å². The fraction of sp³-hybridized carbons (Fsp3) is 0.231. The minimum atomic E-state index is -1.22. The number of rotatable bonds is 2. The van der Waals surface area contributed by atoms with Gasteiger partial charge >= 0.3 is 5.97 Å². The standard InChI is InChI=1S/C13H11FN2O5/c1-16-8(5-7(15-16)13(18)19)10-11(17)6(14)4-9-12(10)21-3-2-20-9/h4-5,17H,2-3H2,1H3,(H,18,19). The van der Waals surface area contributed by atoms with Crippen molar-refractivity contribution in [3.05, 3.63) is 23.6 Å². The van der Waals surface area contributed by atoms with Crippen LogP contribution in [-0.4, -0.2) is 39.2 Å². The Hall–Kier alpha value is -2.77. The number of hydrogen-bond acceptors (Lipinski definition) is 5. The Labute approximate surface area is 118 Å². The summed E-state index contributed by atoms with van der Waals surface area (Å²) >= 11 is 0. The van der Waals surface area contributed by atoms with Crippen LogP contribution in [0.4, 0.5) is 4.39 Å². The molecule has 3 rings (SSSR count). The zero-order valence-corrected chi connectivity index (χ0v) is 11.0. The number of phenols is 1. The van der Waals surface area contributed by atoms with Crippen molar-refractivity contribution in [3.63, 3.8) is 0 Å². The number of phenolic OH excluding ortho intramolecular Hbond substituents is 1. The molecule has 0 bridgehead atoms. The summed E-state index contributed by atoms with van der Waals surface area (Å²) in [5.74, 6) is -2.42. The number of carbonyl (C=O) groups is 1. The van der Waals surface area contributed by atoms with Gasteiger partial charge in [-0.25, -0.2) is 9.18 Å². The van der Waals surface area contributed by atoms with Crippen LogP contribution in [0.25, 0.3) is 11.3 Å². The summed E-state index contributed by atoms with van der Waals surface area (Å²) in [4.78, 5) is 11.0. The van der Waals surface area contributed by atoms with Crippen LogP contribution in [0.3, 0.4) is 0 Å². The van der Waals surface area contributed by atoms with Crippen LogP contribution in [0.2, 0.25) is 0 Å². The van der Waals surface area contributed by atoms with E-state index >= 15 is 0 Å². The lowest BCUT2D eigenvalue weighted by Crippen LogP contribution is -2.16. The number of carboxylic acid groups (broad SMARTS) is 1. The first-order valence-electron chi connectivity index (χ1n) is 6.08. The quantitative estimate of drug-likeness (QED) is 0.869. The molecule has 0 radical (unpaired) electrons. The van der Waals surface area contributed by atoms with Gasteiger partial charge in [-0.15, -0.1) is 0 Å². The van der Waals surface area contributed by atoms with Crippen molar-refractivity contribution >= 4 is 5.97 Å². The van der Waals surface area contributed by atoms with E-state index in [1.165, 1.54) is 17.8 Å². The van der Waals surface area contributed by atoms with E-state index in [1.807, 2.05) is 0 Å². The van der Waals surface area contributed by atoms with Crippen molar-refractivity contribution in [3.8, 4) is 28.5 Å². The van der Waals surface area contributed by atoms with E-state index in [0.29, 0.717) is 0 Å². The molecule has 0 saturated heterocycles. The highest BCUT2D eigenvalue weighted by molar-refractivity contribution is 5.88. The Morgan fingerprint density at radius 2 is 2.10 bits per heavy atom. The van der Waals surface area contributed by atoms with Gasteiger partial charge in [0.15, 0.2) is 28.8 Å². The van der Waals surface area contributed by atoms with E-state index in [2.05, 4.69) is 5.10 Å². The highest BCUT2D eigenvalue weighted by Crippen LogP contribution is 2.46. The van der Waals surface area contributed by atoms with Gasteiger partial charge in [-0.05, 0) is 6.07 Å². The predicted molar refractivity (Wildman–Crippen MR) is 68.2 cm³/mol. The van der Waals surface area contributed by atoms with Gasteiger partial charge in [0, 0.05) is 13.1 Å². The van der Waals surface area contributed by atoms with Crippen molar-refractivity contribution in [2.24, 2.45) is 7.05 Å². The third-order valence-corrected chi connectivity index (χ3v) is 3.11. The molecular weight excluding hydrogens is 283 g/mol. The van der Waals surface area contributed by atoms with Gasteiger partial charge in [0.2, 0.25) is 0 Å². The molecule has 2 heterocycles. The molecule has 21 heavy (non-hydrogen) atoms. The molecule has 0 amide bonds. The number of nitrogens with zero attached hydrogens (tertiary/aromatic N) is 2. The average Bonchev–Trinajstić information content (AvgIpc) is 2.82. The number of carboxylic acids is 1. The second-order valence-electron chi connectivity index (χ2n) is 4.45. The van der Waals surface area contributed by atoms with Crippen molar-refractivity contribution in [1.82, 2.24) is 9.78 Å². The van der Waals surface area contributed by atoms with E-state index in [1.54, 1.807) is 0 Å². The highest BCUT2D eigenvalue weighted by Gasteiger charge is 2.27. The van der Waals surface area contributed by atoms with Gasteiger partial charge < -0.3 is 19.7 Å². The zero-order chi connectivity index (χ0) is 15.1. The van der Waals surface area contributed by atoms with Crippen molar-refractivity contribution in [1.29, 1.82) is 0 Å². The summed E-state index contributed by atoms with van der Waals surface area (Å²) in [7, 11) is 1.49. The van der Waals surface area contributed by atoms with Gasteiger partial charge in [-0.1, -0.05) is 0 Å². The summed E-state index contributed by atoms with van der Waals surface area (Å²) in [6.45, 7) is 0.511. The van der Waals surface area contributed by atoms with E-state index in [9.17, 15) is 14.3 Å². The monoisotopic (exact) mass is 294 g/mol. The normalized spacial score (nSPS) is 13.2. The van der Waals surface area contributed by atoms with Crippen LogP contribution < -0.4 is 9.47 Å². The van der Waals surface area contributed by atoms with Crippen LogP contribution in [-0.2, 0) is 7.05 Å². The first kappa shape index (κ1) is 13.2. The number of benzene rings is 1. The SMILES string of the molecule is Cn1nc(C(=O)O)cc1-c1c(O)c(F)cc2c1OCCO2. The predicted octanol–water partition coefficient (Wildman–Crippen LogP) is 1.40. The molecule has 0 spiro atoms. The summed E-state index contributed by atoms with van der Waals surface area (Å²) < 4.78 is 25.8. The fourth-order valence-electron chi connectivity index (χ4n) is 2.19. The lowest BCUT2D eigenvalue weighted by Gasteiger charge is -2.22. The Morgan fingerprint density at radius 1 is 1.38 bits per heavy atom. The second kappa shape index (κ2) is 4.65. The Morgan fingerprint density at radius 3 is 2.76 bits per heavy atom. The zero-order valence-electron chi connectivity index (χ0n) is 11.0. The van der Waals surface area contributed by atoms with E-state index in [0.717, 1.165) is 6.07 Å². The molecule has 0 fully saturated rings. The molecule has 1 aromatic carbocycles. The maximum Gasteiger partial charge on any atom is 0.356 e. The van der Waals surface area contributed by atoms with Crippen molar-refractivity contribution in [2.75, 3.05) is 13.2 Å².